The molecule has 2 aromatic heterocycles. The van der Waals surface area contributed by atoms with Gasteiger partial charge >= 0.3 is 0 Å². The minimum atomic E-state index is -3.52. The van der Waals surface area contributed by atoms with Gasteiger partial charge in [0.2, 0.25) is 10.0 Å². The van der Waals surface area contributed by atoms with E-state index in [0.717, 1.165) is 11.3 Å². The van der Waals surface area contributed by atoms with Crippen molar-refractivity contribution in [2.24, 2.45) is 0 Å². The zero-order valence-corrected chi connectivity index (χ0v) is 13.7. The first kappa shape index (κ1) is 14.9. The minimum absolute atomic E-state index is 0.206. The van der Waals surface area contributed by atoms with Crippen molar-refractivity contribution in [3.63, 3.8) is 0 Å². The molecule has 0 bridgehead atoms. The van der Waals surface area contributed by atoms with Crippen molar-refractivity contribution in [1.82, 2.24) is 9.29 Å². The fourth-order valence-corrected chi connectivity index (χ4v) is 5.40. The molecule has 0 aliphatic carbocycles. The Morgan fingerprint density at radius 3 is 2.74 bits per heavy atom. The number of halogens is 1. The van der Waals surface area contributed by atoms with Crippen LogP contribution in [0.3, 0.4) is 0 Å². The third-order valence-corrected chi connectivity index (χ3v) is 6.98. The van der Waals surface area contributed by atoms with E-state index in [1.807, 2.05) is 10.8 Å². The number of sulfonamides is 1. The molecule has 0 spiro atoms. The minimum Gasteiger partial charge on any atom is -0.248 e. The van der Waals surface area contributed by atoms with Crippen LogP contribution in [0.25, 0.3) is 0 Å². The lowest BCUT2D eigenvalue weighted by molar-refractivity contribution is 0.462. The molecule has 0 unspecified atom stereocenters. The lowest BCUT2D eigenvalue weighted by atomic mass is 10.3. The first-order valence-electron chi connectivity index (χ1n) is 5.43. The predicted octanol–water partition coefficient (Wildman–Crippen LogP) is 3.07. The molecule has 0 saturated carbocycles. The molecule has 19 heavy (non-hydrogen) atoms. The van der Waals surface area contributed by atoms with E-state index in [9.17, 15) is 8.42 Å². The summed E-state index contributed by atoms with van der Waals surface area (Å²) in [6.07, 6.45) is 0. The maximum Gasteiger partial charge on any atom is 0.244 e. The van der Waals surface area contributed by atoms with Gasteiger partial charge in [-0.25, -0.2) is 13.4 Å². The van der Waals surface area contributed by atoms with Gasteiger partial charge in [-0.1, -0.05) is 0 Å². The monoisotopic (exact) mass is 336 g/mol. The summed E-state index contributed by atoms with van der Waals surface area (Å²) in [5, 5.41) is 3.66. The van der Waals surface area contributed by atoms with Crippen LogP contribution in [-0.2, 0) is 22.4 Å². The first-order valence-corrected chi connectivity index (χ1v) is 9.23. The fourth-order valence-electron chi connectivity index (χ4n) is 1.71. The molecule has 8 heteroatoms. The SMILES string of the molecule is Cc1csc(CCl)c1S(=O)(=O)N(C)Cc1cscn1. The van der Waals surface area contributed by atoms with Crippen LogP contribution in [0.5, 0.6) is 0 Å². The number of nitrogens with zero attached hydrogens (tertiary/aromatic N) is 2. The predicted molar refractivity (Wildman–Crippen MR) is 79.4 cm³/mol. The van der Waals surface area contributed by atoms with Crippen molar-refractivity contribution in [2.45, 2.75) is 24.2 Å². The lowest BCUT2D eigenvalue weighted by Crippen LogP contribution is -2.27. The average Bonchev–Trinajstić information content (AvgIpc) is 2.98. The Balaban J connectivity index is 2.33. The summed E-state index contributed by atoms with van der Waals surface area (Å²) < 4.78 is 26.5. The highest BCUT2D eigenvalue weighted by Crippen LogP contribution is 2.30. The van der Waals surface area contributed by atoms with E-state index in [0.29, 0.717) is 9.77 Å². The highest BCUT2D eigenvalue weighted by Gasteiger charge is 2.27. The zero-order valence-electron chi connectivity index (χ0n) is 10.5. The van der Waals surface area contributed by atoms with Gasteiger partial charge in [-0.05, 0) is 17.9 Å². The van der Waals surface area contributed by atoms with Crippen molar-refractivity contribution in [3.8, 4) is 0 Å². The summed E-state index contributed by atoms with van der Waals surface area (Å²) in [4.78, 5) is 5.13. The van der Waals surface area contributed by atoms with E-state index in [-0.39, 0.29) is 12.4 Å². The molecule has 2 aromatic rings. The summed E-state index contributed by atoms with van der Waals surface area (Å²) in [5.41, 5.74) is 3.18. The molecule has 0 fully saturated rings. The average molecular weight is 337 g/mol. The Morgan fingerprint density at radius 2 is 2.16 bits per heavy atom. The van der Waals surface area contributed by atoms with Gasteiger partial charge in [-0.3, -0.25) is 0 Å². The summed E-state index contributed by atoms with van der Waals surface area (Å²) in [6.45, 7) is 2.05. The molecule has 0 N–H and O–H groups in total. The molecule has 0 saturated heterocycles. The van der Waals surface area contributed by atoms with Crippen LogP contribution in [0.15, 0.2) is 21.2 Å². The van der Waals surface area contributed by atoms with Gasteiger partial charge in [0.15, 0.2) is 0 Å². The molecule has 0 aliphatic heterocycles. The van der Waals surface area contributed by atoms with Gasteiger partial charge in [0.05, 0.1) is 23.6 Å². The maximum atomic E-state index is 12.6. The van der Waals surface area contributed by atoms with E-state index < -0.39 is 10.0 Å². The van der Waals surface area contributed by atoms with Crippen LogP contribution in [-0.4, -0.2) is 24.8 Å². The third kappa shape index (κ3) is 3.00. The van der Waals surface area contributed by atoms with Crippen LogP contribution < -0.4 is 0 Å². The molecule has 2 rings (SSSR count). The third-order valence-electron chi connectivity index (χ3n) is 2.65. The molecule has 4 nitrogen and oxygen atoms in total. The number of hydrogen-bond acceptors (Lipinski definition) is 5. The molecule has 0 radical (unpaired) electrons. The molecular weight excluding hydrogens is 324 g/mol. The smallest absolute Gasteiger partial charge is 0.244 e. The molecular formula is C11H13ClN2O2S3. The van der Waals surface area contributed by atoms with E-state index in [1.165, 1.54) is 27.0 Å². The van der Waals surface area contributed by atoms with Crippen LogP contribution in [0.4, 0.5) is 0 Å². The van der Waals surface area contributed by atoms with E-state index >= 15 is 0 Å². The maximum absolute atomic E-state index is 12.6. The zero-order chi connectivity index (χ0) is 14.0. The molecule has 0 aliphatic rings. The second kappa shape index (κ2) is 5.88. The van der Waals surface area contributed by atoms with Gasteiger partial charge < -0.3 is 0 Å². The highest BCUT2D eigenvalue weighted by molar-refractivity contribution is 7.89. The van der Waals surface area contributed by atoms with E-state index in [2.05, 4.69) is 4.98 Å². The number of thiophene rings is 1. The summed E-state index contributed by atoms with van der Waals surface area (Å²) >= 11 is 8.64. The Labute approximate surface area is 125 Å². The number of alkyl halides is 1. The quantitative estimate of drug-likeness (QED) is 0.788. The Morgan fingerprint density at radius 1 is 1.42 bits per heavy atom. The molecule has 0 aromatic carbocycles. The Kier molecular flexibility index (Phi) is 4.62. The topological polar surface area (TPSA) is 50.3 Å². The summed E-state index contributed by atoms with van der Waals surface area (Å²) in [6, 6.07) is 0. The van der Waals surface area contributed by atoms with Crippen molar-refractivity contribution in [1.29, 1.82) is 0 Å². The molecule has 2 heterocycles. The van der Waals surface area contributed by atoms with E-state index in [4.69, 9.17) is 11.6 Å². The second-order valence-electron chi connectivity index (χ2n) is 4.05. The first-order chi connectivity index (χ1) is 8.96. The number of hydrogen-bond donors (Lipinski definition) is 0. The lowest BCUT2D eigenvalue weighted by Gasteiger charge is -2.17. The molecule has 104 valence electrons. The van der Waals surface area contributed by atoms with Crippen LogP contribution >= 0.6 is 34.3 Å². The number of aromatic nitrogens is 1. The van der Waals surface area contributed by atoms with Crippen LogP contribution in [0, 0.1) is 6.92 Å². The Hall–Kier alpha value is -0.470. The van der Waals surface area contributed by atoms with Gasteiger partial charge in [0.25, 0.3) is 0 Å². The van der Waals surface area contributed by atoms with Crippen molar-refractivity contribution in [2.75, 3.05) is 7.05 Å². The molecule has 0 amide bonds. The van der Waals surface area contributed by atoms with Crippen LogP contribution in [0.2, 0.25) is 0 Å². The highest BCUT2D eigenvalue weighted by atomic mass is 35.5. The van der Waals surface area contributed by atoms with Crippen molar-refractivity contribution >= 4 is 44.3 Å². The van der Waals surface area contributed by atoms with Gasteiger partial charge in [0.1, 0.15) is 4.90 Å². The number of aryl methyl sites for hydroxylation is 1. The standard InChI is InChI=1S/C11H13ClN2O2S3/c1-8-5-18-10(3-12)11(8)19(15,16)14(2)4-9-6-17-7-13-9/h5-7H,3-4H2,1-2H3. The molecule has 0 atom stereocenters. The number of thiazole rings is 1. The van der Waals surface area contributed by atoms with E-state index in [1.54, 1.807) is 19.5 Å². The fraction of sp³-hybridized carbons (Fsp3) is 0.364. The van der Waals surface area contributed by atoms with Crippen molar-refractivity contribution < 1.29 is 8.42 Å². The second-order valence-corrected chi connectivity index (χ2v) is 7.98. The Bertz CT molecular complexity index is 650. The summed E-state index contributed by atoms with van der Waals surface area (Å²) in [5.74, 6) is 0.206. The van der Waals surface area contributed by atoms with Gasteiger partial charge in [-0.15, -0.1) is 34.3 Å². The normalized spacial score (nSPS) is 12.2. The number of rotatable bonds is 5. The largest absolute Gasteiger partial charge is 0.248 e. The van der Waals surface area contributed by atoms with Gasteiger partial charge in [0, 0.05) is 17.3 Å². The van der Waals surface area contributed by atoms with Crippen molar-refractivity contribution in [3.05, 3.63) is 32.4 Å². The van der Waals surface area contributed by atoms with Crippen LogP contribution in [0.1, 0.15) is 16.1 Å². The summed E-state index contributed by atoms with van der Waals surface area (Å²) in [7, 11) is -1.96. The van der Waals surface area contributed by atoms with Gasteiger partial charge in [-0.2, -0.15) is 4.31 Å².